The van der Waals surface area contributed by atoms with Gasteiger partial charge in [-0.05, 0) is 55.8 Å². The van der Waals surface area contributed by atoms with E-state index in [1.807, 2.05) is 79.7 Å². The van der Waals surface area contributed by atoms with E-state index in [-0.39, 0.29) is 5.91 Å². The lowest BCUT2D eigenvalue weighted by Gasteiger charge is -2.07. The zero-order valence-electron chi connectivity index (χ0n) is 18.3. The fraction of sp³-hybridized carbons (Fsp3) is 0.115. The van der Waals surface area contributed by atoms with Crippen molar-refractivity contribution in [1.29, 1.82) is 0 Å². The quantitative estimate of drug-likeness (QED) is 0.341. The Balaban J connectivity index is 1.33. The molecule has 0 aliphatic rings. The van der Waals surface area contributed by atoms with Gasteiger partial charge in [-0.15, -0.1) is 0 Å². The maximum atomic E-state index is 13.0. The molecule has 0 aliphatic carbocycles. The lowest BCUT2D eigenvalue weighted by molar-refractivity contribution is 0.102. The highest BCUT2D eigenvalue weighted by atomic mass is 35.5. The molecular formula is C26H22ClN5O. The fourth-order valence-corrected chi connectivity index (χ4v) is 4.10. The minimum Gasteiger partial charge on any atom is -0.338 e. The summed E-state index contributed by atoms with van der Waals surface area (Å²) in [5.41, 5.74) is 6.72. The van der Waals surface area contributed by atoms with Gasteiger partial charge in [0.05, 0.1) is 28.8 Å². The van der Waals surface area contributed by atoms with Crippen molar-refractivity contribution in [2.75, 3.05) is 5.32 Å². The highest BCUT2D eigenvalue weighted by Gasteiger charge is 2.20. The van der Waals surface area contributed by atoms with Gasteiger partial charge in [-0.3, -0.25) is 4.79 Å². The summed E-state index contributed by atoms with van der Waals surface area (Å²) in [6.07, 6.45) is 0. The van der Waals surface area contributed by atoms with Crippen molar-refractivity contribution in [2.45, 2.75) is 20.4 Å². The van der Waals surface area contributed by atoms with E-state index in [1.54, 1.807) is 11.6 Å². The summed E-state index contributed by atoms with van der Waals surface area (Å²) < 4.78 is 1.65. The van der Waals surface area contributed by atoms with Gasteiger partial charge in [-0.2, -0.15) is 5.10 Å². The molecule has 0 saturated carbocycles. The average molecular weight is 456 g/mol. The van der Waals surface area contributed by atoms with E-state index >= 15 is 0 Å². The average Bonchev–Trinajstić information content (AvgIpc) is 3.36. The van der Waals surface area contributed by atoms with Crippen LogP contribution in [0.5, 0.6) is 0 Å². The Morgan fingerprint density at radius 2 is 1.73 bits per heavy atom. The molecule has 3 aromatic carbocycles. The first-order chi connectivity index (χ1) is 16.0. The topological polar surface area (TPSA) is 75.6 Å². The van der Waals surface area contributed by atoms with Crippen LogP contribution in [0.2, 0.25) is 5.15 Å². The van der Waals surface area contributed by atoms with E-state index in [0.717, 1.165) is 28.0 Å². The number of hydrogen-bond donors (Lipinski definition) is 2. The molecule has 7 heteroatoms. The van der Waals surface area contributed by atoms with Crippen LogP contribution in [-0.2, 0) is 6.54 Å². The van der Waals surface area contributed by atoms with Crippen LogP contribution < -0.4 is 5.32 Å². The molecule has 0 saturated heterocycles. The lowest BCUT2D eigenvalue weighted by atomic mass is 10.1. The van der Waals surface area contributed by atoms with Gasteiger partial charge >= 0.3 is 0 Å². The maximum Gasteiger partial charge on any atom is 0.260 e. The highest BCUT2D eigenvalue weighted by molar-refractivity contribution is 6.33. The summed E-state index contributed by atoms with van der Waals surface area (Å²) in [6.45, 7) is 4.33. The Hall–Kier alpha value is -3.90. The van der Waals surface area contributed by atoms with Gasteiger partial charge in [-0.25, -0.2) is 9.67 Å². The molecule has 164 valence electrons. The molecule has 2 aromatic heterocycles. The number of fused-ring (bicyclic) bond motifs is 1. The number of para-hydroxylation sites is 2. The number of imidazole rings is 1. The lowest BCUT2D eigenvalue weighted by Crippen LogP contribution is -2.13. The largest absolute Gasteiger partial charge is 0.338 e. The summed E-state index contributed by atoms with van der Waals surface area (Å²) in [4.78, 5) is 20.9. The van der Waals surface area contributed by atoms with Crippen LogP contribution in [0.25, 0.3) is 22.4 Å². The van der Waals surface area contributed by atoms with E-state index in [4.69, 9.17) is 11.6 Å². The normalized spacial score (nSPS) is 11.1. The van der Waals surface area contributed by atoms with E-state index in [9.17, 15) is 4.79 Å². The summed E-state index contributed by atoms with van der Waals surface area (Å²) in [5.74, 6) is 0.495. The van der Waals surface area contributed by atoms with E-state index < -0.39 is 0 Å². The summed E-state index contributed by atoms with van der Waals surface area (Å²) in [6, 6.07) is 23.6. The minimum absolute atomic E-state index is 0.288. The first-order valence-corrected chi connectivity index (χ1v) is 11.0. The van der Waals surface area contributed by atoms with Crippen molar-refractivity contribution >= 4 is 34.2 Å². The Labute approximate surface area is 196 Å². The number of benzene rings is 3. The van der Waals surface area contributed by atoms with E-state index in [2.05, 4.69) is 20.4 Å². The second-order valence-corrected chi connectivity index (χ2v) is 8.39. The van der Waals surface area contributed by atoms with Crippen LogP contribution in [0.1, 0.15) is 27.2 Å². The van der Waals surface area contributed by atoms with Crippen LogP contribution in [-0.4, -0.2) is 25.7 Å². The predicted molar refractivity (Wildman–Crippen MR) is 132 cm³/mol. The molecule has 33 heavy (non-hydrogen) atoms. The third kappa shape index (κ3) is 4.25. The van der Waals surface area contributed by atoms with Crippen LogP contribution in [0, 0.1) is 13.8 Å². The zero-order valence-corrected chi connectivity index (χ0v) is 19.0. The third-order valence-electron chi connectivity index (χ3n) is 5.55. The zero-order chi connectivity index (χ0) is 22.9. The standard InChI is InChI=1S/C26H22ClN5O/c1-16-7-9-18(10-8-16)15-32-24(27)23(17(2)31-32)26(33)28-20-13-11-19(12-14-20)25-29-21-5-3-4-6-22(21)30-25/h3-14H,15H2,1-2H3,(H,28,33)(H,29,30). The highest BCUT2D eigenvalue weighted by Crippen LogP contribution is 2.25. The molecule has 2 N–H and O–H groups in total. The third-order valence-corrected chi connectivity index (χ3v) is 5.94. The number of hydrogen-bond acceptors (Lipinski definition) is 3. The van der Waals surface area contributed by atoms with Gasteiger partial charge in [0, 0.05) is 11.3 Å². The van der Waals surface area contributed by atoms with Gasteiger partial charge in [-0.1, -0.05) is 53.6 Å². The summed E-state index contributed by atoms with van der Waals surface area (Å²) in [7, 11) is 0. The predicted octanol–water partition coefficient (Wildman–Crippen LogP) is 6.00. The maximum absolute atomic E-state index is 13.0. The summed E-state index contributed by atoms with van der Waals surface area (Å²) in [5, 5.41) is 7.72. The number of nitrogens with zero attached hydrogens (tertiary/aromatic N) is 3. The number of halogens is 1. The number of aromatic amines is 1. The van der Waals surface area contributed by atoms with Crippen molar-refractivity contribution in [1.82, 2.24) is 19.7 Å². The van der Waals surface area contributed by atoms with Crippen LogP contribution in [0.3, 0.4) is 0 Å². The number of carbonyl (C=O) groups excluding carboxylic acids is 1. The smallest absolute Gasteiger partial charge is 0.260 e. The molecule has 0 aliphatic heterocycles. The molecule has 6 nitrogen and oxygen atoms in total. The number of amides is 1. The van der Waals surface area contributed by atoms with Crippen molar-refractivity contribution in [2.24, 2.45) is 0 Å². The Bertz CT molecular complexity index is 1420. The fourth-order valence-electron chi connectivity index (χ4n) is 3.78. The SMILES string of the molecule is Cc1ccc(Cn2nc(C)c(C(=O)Nc3ccc(-c4nc5ccccc5[nH]4)cc3)c2Cl)cc1. The van der Waals surface area contributed by atoms with Gasteiger partial charge in [0.15, 0.2) is 0 Å². The molecule has 0 radical (unpaired) electrons. The molecule has 0 fully saturated rings. The first kappa shape index (κ1) is 21.0. The minimum atomic E-state index is -0.288. The monoisotopic (exact) mass is 455 g/mol. The van der Waals surface area contributed by atoms with Crippen LogP contribution in [0.15, 0.2) is 72.8 Å². The van der Waals surface area contributed by atoms with Gasteiger partial charge in [0.1, 0.15) is 11.0 Å². The second-order valence-electron chi connectivity index (χ2n) is 8.03. The number of H-pyrrole nitrogens is 1. The molecule has 5 aromatic rings. The van der Waals surface area contributed by atoms with Crippen molar-refractivity contribution in [3.63, 3.8) is 0 Å². The molecule has 1 amide bonds. The van der Waals surface area contributed by atoms with Gasteiger partial charge in [0.2, 0.25) is 0 Å². The van der Waals surface area contributed by atoms with Gasteiger partial charge < -0.3 is 10.3 Å². The number of aryl methyl sites for hydroxylation is 2. The molecule has 2 heterocycles. The second kappa shape index (κ2) is 8.56. The first-order valence-electron chi connectivity index (χ1n) is 10.6. The number of nitrogens with one attached hydrogen (secondary N) is 2. The van der Waals surface area contributed by atoms with Crippen molar-refractivity contribution in [3.8, 4) is 11.4 Å². The van der Waals surface area contributed by atoms with Crippen molar-refractivity contribution in [3.05, 3.63) is 100 Å². The molecule has 0 atom stereocenters. The Morgan fingerprint density at radius 1 is 1.00 bits per heavy atom. The molecule has 0 unspecified atom stereocenters. The molecule has 0 spiro atoms. The molecule has 5 rings (SSSR count). The molecule has 0 bridgehead atoms. The van der Waals surface area contributed by atoms with Crippen LogP contribution >= 0.6 is 11.6 Å². The van der Waals surface area contributed by atoms with Crippen molar-refractivity contribution < 1.29 is 4.79 Å². The number of aromatic nitrogens is 4. The number of carbonyl (C=O) groups is 1. The number of rotatable bonds is 5. The molecular weight excluding hydrogens is 434 g/mol. The van der Waals surface area contributed by atoms with E-state index in [1.165, 1.54) is 5.56 Å². The van der Waals surface area contributed by atoms with Gasteiger partial charge in [0.25, 0.3) is 5.91 Å². The summed E-state index contributed by atoms with van der Waals surface area (Å²) >= 11 is 6.54. The Kier molecular flexibility index (Phi) is 5.44. The Morgan fingerprint density at radius 3 is 2.45 bits per heavy atom. The van der Waals surface area contributed by atoms with Crippen LogP contribution in [0.4, 0.5) is 5.69 Å². The number of anilines is 1. The van der Waals surface area contributed by atoms with E-state index in [0.29, 0.717) is 28.6 Å².